The van der Waals surface area contributed by atoms with Crippen molar-refractivity contribution in [3.8, 4) is 0 Å². The lowest BCUT2D eigenvalue weighted by Crippen LogP contribution is -2.38. The zero-order chi connectivity index (χ0) is 7.61. The first-order chi connectivity index (χ1) is 4.73. The van der Waals surface area contributed by atoms with Gasteiger partial charge >= 0.3 is 0 Å². The molecule has 1 heteroatoms. The van der Waals surface area contributed by atoms with E-state index in [1.165, 1.54) is 25.7 Å². The maximum absolute atomic E-state index is 5.73. The zero-order valence-electron chi connectivity index (χ0n) is 7.19. The Hall–Kier alpha value is -0.0400. The predicted octanol–water partition coefficient (Wildman–Crippen LogP) is 2.16. The molecule has 1 rings (SSSR count). The summed E-state index contributed by atoms with van der Waals surface area (Å²) in [6.45, 7) is 5.45. The van der Waals surface area contributed by atoms with E-state index in [2.05, 4.69) is 13.8 Å². The van der Waals surface area contributed by atoms with Crippen LogP contribution in [-0.4, -0.2) is 6.54 Å². The van der Waals surface area contributed by atoms with Gasteiger partial charge in [0.15, 0.2) is 0 Å². The van der Waals surface area contributed by atoms with E-state index in [0.29, 0.717) is 5.41 Å². The molecule has 1 unspecified atom stereocenters. The van der Waals surface area contributed by atoms with Crippen LogP contribution in [0.25, 0.3) is 0 Å². The highest BCUT2D eigenvalue weighted by molar-refractivity contribution is 4.87. The molecule has 1 aliphatic rings. The maximum atomic E-state index is 5.73. The molecule has 0 radical (unpaired) electrons. The molecule has 0 amide bonds. The first-order valence-electron chi connectivity index (χ1n) is 4.43. The highest BCUT2D eigenvalue weighted by Gasteiger charge is 2.34. The van der Waals surface area contributed by atoms with Crippen LogP contribution >= 0.6 is 0 Å². The predicted molar refractivity (Wildman–Crippen MR) is 44.8 cm³/mol. The van der Waals surface area contributed by atoms with Crippen molar-refractivity contribution in [2.75, 3.05) is 6.54 Å². The van der Waals surface area contributed by atoms with Gasteiger partial charge in [0.1, 0.15) is 0 Å². The second kappa shape index (κ2) is 2.91. The lowest BCUT2D eigenvalue weighted by atomic mass is 9.65. The van der Waals surface area contributed by atoms with Crippen molar-refractivity contribution < 1.29 is 0 Å². The van der Waals surface area contributed by atoms with Crippen LogP contribution in [0.1, 0.15) is 39.5 Å². The minimum atomic E-state index is 0.457. The van der Waals surface area contributed by atoms with Gasteiger partial charge in [-0.05, 0) is 37.1 Å². The van der Waals surface area contributed by atoms with Crippen molar-refractivity contribution in [3.05, 3.63) is 0 Å². The van der Waals surface area contributed by atoms with Crippen LogP contribution in [0.5, 0.6) is 0 Å². The van der Waals surface area contributed by atoms with Crippen LogP contribution in [0.15, 0.2) is 0 Å². The molecule has 0 aromatic heterocycles. The van der Waals surface area contributed by atoms with Gasteiger partial charge in [0.25, 0.3) is 0 Å². The average Bonchev–Trinajstić information content (AvgIpc) is 1.84. The molecular weight excluding hydrogens is 122 g/mol. The number of hydrogen-bond donors (Lipinski definition) is 1. The summed E-state index contributed by atoms with van der Waals surface area (Å²) >= 11 is 0. The van der Waals surface area contributed by atoms with E-state index >= 15 is 0 Å². The van der Waals surface area contributed by atoms with E-state index in [9.17, 15) is 0 Å². The minimum Gasteiger partial charge on any atom is -0.330 e. The Morgan fingerprint density at radius 1 is 1.50 bits per heavy atom. The zero-order valence-corrected chi connectivity index (χ0v) is 7.19. The van der Waals surface area contributed by atoms with E-state index in [1.807, 2.05) is 0 Å². The van der Waals surface area contributed by atoms with E-state index in [-0.39, 0.29) is 0 Å². The van der Waals surface area contributed by atoms with Gasteiger partial charge in [0, 0.05) is 0 Å². The fraction of sp³-hybridized carbons (Fsp3) is 1.00. The molecular formula is C9H19N. The highest BCUT2D eigenvalue weighted by atomic mass is 14.6. The summed E-state index contributed by atoms with van der Waals surface area (Å²) in [6.07, 6.45) is 5.51. The molecule has 1 atom stereocenters. The first kappa shape index (κ1) is 8.06. The van der Waals surface area contributed by atoms with Crippen molar-refractivity contribution in [2.24, 2.45) is 17.1 Å². The van der Waals surface area contributed by atoms with Gasteiger partial charge in [-0.25, -0.2) is 0 Å². The number of nitrogens with two attached hydrogens (primary N) is 1. The molecule has 0 spiro atoms. The summed E-state index contributed by atoms with van der Waals surface area (Å²) in [5.74, 6) is 0.933. The summed E-state index contributed by atoms with van der Waals surface area (Å²) in [5.41, 5.74) is 6.18. The highest BCUT2D eigenvalue weighted by Crippen LogP contribution is 2.43. The Morgan fingerprint density at radius 3 is 2.20 bits per heavy atom. The third-order valence-corrected chi connectivity index (χ3v) is 3.36. The van der Waals surface area contributed by atoms with Gasteiger partial charge in [0.05, 0.1) is 0 Å². The molecule has 0 heterocycles. The molecule has 2 N–H and O–H groups in total. The SMILES string of the molecule is CCC(C)(CN)C1CCC1. The topological polar surface area (TPSA) is 26.0 Å². The van der Waals surface area contributed by atoms with Crippen LogP contribution in [0, 0.1) is 11.3 Å². The van der Waals surface area contributed by atoms with Crippen LogP contribution in [0.3, 0.4) is 0 Å². The summed E-state index contributed by atoms with van der Waals surface area (Å²) in [6, 6.07) is 0. The lowest BCUT2D eigenvalue weighted by molar-refractivity contribution is 0.105. The minimum absolute atomic E-state index is 0.457. The van der Waals surface area contributed by atoms with E-state index in [0.717, 1.165) is 12.5 Å². The van der Waals surface area contributed by atoms with Gasteiger partial charge in [-0.3, -0.25) is 0 Å². The van der Waals surface area contributed by atoms with Crippen LogP contribution in [0.4, 0.5) is 0 Å². The smallest absolute Gasteiger partial charge is 0.00206 e. The van der Waals surface area contributed by atoms with E-state index in [4.69, 9.17) is 5.73 Å². The maximum Gasteiger partial charge on any atom is -0.00206 e. The van der Waals surface area contributed by atoms with Gasteiger partial charge in [0.2, 0.25) is 0 Å². The molecule has 1 saturated carbocycles. The molecule has 0 aromatic carbocycles. The molecule has 60 valence electrons. The summed E-state index contributed by atoms with van der Waals surface area (Å²) in [7, 11) is 0. The Morgan fingerprint density at radius 2 is 2.10 bits per heavy atom. The fourth-order valence-corrected chi connectivity index (χ4v) is 1.70. The third-order valence-electron chi connectivity index (χ3n) is 3.36. The number of rotatable bonds is 3. The van der Waals surface area contributed by atoms with Crippen LogP contribution < -0.4 is 5.73 Å². The molecule has 0 aliphatic heterocycles. The van der Waals surface area contributed by atoms with Gasteiger partial charge in [-0.2, -0.15) is 0 Å². The second-order valence-corrected chi connectivity index (χ2v) is 3.84. The molecule has 1 fully saturated rings. The Balaban J connectivity index is 2.44. The quantitative estimate of drug-likeness (QED) is 0.640. The summed E-state index contributed by atoms with van der Waals surface area (Å²) < 4.78 is 0. The Kier molecular flexibility index (Phi) is 2.35. The average molecular weight is 141 g/mol. The molecule has 0 saturated heterocycles. The molecule has 10 heavy (non-hydrogen) atoms. The van der Waals surface area contributed by atoms with Crippen LogP contribution in [0.2, 0.25) is 0 Å². The molecule has 1 aliphatic carbocycles. The standard InChI is InChI=1S/C9H19N/c1-3-9(2,7-10)8-5-4-6-8/h8H,3-7,10H2,1-2H3. The molecule has 0 bridgehead atoms. The normalized spacial score (nSPS) is 25.5. The van der Waals surface area contributed by atoms with E-state index in [1.54, 1.807) is 0 Å². The van der Waals surface area contributed by atoms with Crippen molar-refractivity contribution in [3.63, 3.8) is 0 Å². The summed E-state index contributed by atoms with van der Waals surface area (Å²) in [4.78, 5) is 0. The Bertz CT molecular complexity index is 101. The van der Waals surface area contributed by atoms with Gasteiger partial charge < -0.3 is 5.73 Å². The van der Waals surface area contributed by atoms with Gasteiger partial charge in [-0.1, -0.05) is 20.3 Å². The first-order valence-corrected chi connectivity index (χ1v) is 4.43. The summed E-state index contributed by atoms with van der Waals surface area (Å²) in [5, 5.41) is 0. The van der Waals surface area contributed by atoms with E-state index < -0.39 is 0 Å². The van der Waals surface area contributed by atoms with Crippen molar-refractivity contribution in [1.29, 1.82) is 0 Å². The van der Waals surface area contributed by atoms with Crippen molar-refractivity contribution >= 4 is 0 Å². The Labute approximate surface area is 64.0 Å². The number of hydrogen-bond acceptors (Lipinski definition) is 1. The largest absolute Gasteiger partial charge is 0.330 e. The monoisotopic (exact) mass is 141 g/mol. The van der Waals surface area contributed by atoms with Crippen molar-refractivity contribution in [1.82, 2.24) is 0 Å². The van der Waals surface area contributed by atoms with Gasteiger partial charge in [-0.15, -0.1) is 0 Å². The van der Waals surface area contributed by atoms with Crippen molar-refractivity contribution in [2.45, 2.75) is 39.5 Å². The third kappa shape index (κ3) is 1.20. The molecule has 0 aromatic rings. The lowest BCUT2D eigenvalue weighted by Gasteiger charge is -2.41. The molecule has 1 nitrogen and oxygen atoms in total. The fourth-order valence-electron chi connectivity index (χ4n) is 1.70. The second-order valence-electron chi connectivity index (χ2n) is 3.84. The van der Waals surface area contributed by atoms with Crippen LogP contribution in [-0.2, 0) is 0 Å².